The number of rotatable bonds is 5. The molecule has 5 heteroatoms. The summed E-state index contributed by atoms with van der Waals surface area (Å²) in [4.78, 5) is 15.8. The highest BCUT2D eigenvalue weighted by Gasteiger charge is 2.06. The van der Waals surface area contributed by atoms with Gasteiger partial charge in [-0.05, 0) is 26.1 Å². The number of carbonyl (C=O) groups excluding carboxylic acids is 1. The van der Waals surface area contributed by atoms with Crippen molar-refractivity contribution < 1.29 is 4.79 Å². The molecule has 2 aromatic rings. The van der Waals surface area contributed by atoms with Crippen molar-refractivity contribution in [1.82, 2.24) is 20.2 Å². The van der Waals surface area contributed by atoms with Crippen LogP contribution < -0.4 is 10.6 Å². The van der Waals surface area contributed by atoms with E-state index in [1.54, 1.807) is 7.05 Å². The average Bonchev–Trinajstić information content (AvgIpc) is 2.66. The summed E-state index contributed by atoms with van der Waals surface area (Å²) in [5.74, 6) is 0.985. The lowest BCUT2D eigenvalue weighted by Gasteiger charge is -2.08. The lowest BCUT2D eigenvalue weighted by atomic mass is 10.3. The quantitative estimate of drug-likeness (QED) is 0.815. The van der Waals surface area contributed by atoms with Crippen molar-refractivity contribution in [2.24, 2.45) is 0 Å². The maximum absolute atomic E-state index is 11.3. The van der Waals surface area contributed by atoms with Crippen LogP contribution >= 0.6 is 0 Å². The van der Waals surface area contributed by atoms with Crippen LogP contribution in [-0.4, -0.2) is 35.6 Å². The van der Waals surface area contributed by atoms with Gasteiger partial charge in [-0.3, -0.25) is 4.79 Å². The molecule has 0 aliphatic rings. The van der Waals surface area contributed by atoms with Crippen LogP contribution in [-0.2, 0) is 11.3 Å². The fraction of sp³-hybridized carbons (Fsp3) is 0.385. The third-order valence-corrected chi connectivity index (χ3v) is 2.84. The molecule has 1 amide bonds. The first-order valence-electron chi connectivity index (χ1n) is 6.05. The summed E-state index contributed by atoms with van der Waals surface area (Å²) >= 11 is 0. The molecule has 0 aliphatic carbocycles. The summed E-state index contributed by atoms with van der Waals surface area (Å²) < 4.78 is 2.12. The van der Waals surface area contributed by atoms with Crippen molar-refractivity contribution >= 4 is 16.9 Å². The fourth-order valence-corrected chi connectivity index (χ4v) is 2.01. The van der Waals surface area contributed by atoms with Crippen molar-refractivity contribution in [2.75, 3.05) is 20.1 Å². The van der Waals surface area contributed by atoms with Crippen LogP contribution in [0.2, 0.25) is 0 Å². The summed E-state index contributed by atoms with van der Waals surface area (Å²) in [5, 5.41) is 5.68. The van der Waals surface area contributed by atoms with Gasteiger partial charge in [0.1, 0.15) is 5.82 Å². The first-order chi connectivity index (χ1) is 8.72. The summed E-state index contributed by atoms with van der Waals surface area (Å²) in [6.45, 7) is 3.68. The van der Waals surface area contributed by atoms with Gasteiger partial charge in [0.15, 0.2) is 0 Å². The van der Waals surface area contributed by atoms with Gasteiger partial charge in [0.25, 0.3) is 0 Å². The Morgan fingerprint density at radius 3 is 2.94 bits per heavy atom. The van der Waals surface area contributed by atoms with E-state index in [0.717, 1.165) is 23.4 Å². The number of para-hydroxylation sites is 2. The first-order valence-corrected chi connectivity index (χ1v) is 6.05. The fourth-order valence-electron chi connectivity index (χ4n) is 2.01. The zero-order chi connectivity index (χ0) is 13.0. The molecule has 0 radical (unpaired) electrons. The smallest absolute Gasteiger partial charge is 0.234 e. The summed E-state index contributed by atoms with van der Waals surface area (Å²) in [7, 11) is 1.76. The van der Waals surface area contributed by atoms with Gasteiger partial charge in [-0.2, -0.15) is 0 Å². The largest absolute Gasteiger partial charge is 0.353 e. The maximum atomic E-state index is 11.3. The Kier molecular flexibility index (Phi) is 3.94. The number of likely N-dealkylation sites (N-methyl/N-ethyl adjacent to an activating group) is 1. The molecular weight excluding hydrogens is 228 g/mol. The monoisotopic (exact) mass is 246 g/mol. The molecule has 1 heterocycles. The van der Waals surface area contributed by atoms with Gasteiger partial charge >= 0.3 is 0 Å². The molecule has 0 bridgehead atoms. The molecule has 0 fully saturated rings. The predicted molar refractivity (Wildman–Crippen MR) is 71.4 cm³/mol. The summed E-state index contributed by atoms with van der Waals surface area (Å²) in [6, 6.07) is 8.02. The van der Waals surface area contributed by atoms with E-state index in [1.807, 2.05) is 31.2 Å². The Labute approximate surface area is 106 Å². The predicted octanol–water partition coefficient (Wildman–Crippen LogP) is 0.680. The second-order valence-electron chi connectivity index (χ2n) is 4.18. The zero-order valence-electron chi connectivity index (χ0n) is 10.7. The number of imidazole rings is 1. The van der Waals surface area contributed by atoms with Crippen LogP contribution in [0.5, 0.6) is 0 Å². The van der Waals surface area contributed by atoms with Crippen LogP contribution in [0.1, 0.15) is 5.82 Å². The van der Waals surface area contributed by atoms with Crippen LogP contribution in [0.25, 0.3) is 11.0 Å². The highest BCUT2D eigenvalue weighted by Crippen LogP contribution is 2.14. The second-order valence-corrected chi connectivity index (χ2v) is 4.18. The molecule has 0 spiro atoms. The molecule has 0 saturated heterocycles. The lowest BCUT2D eigenvalue weighted by Crippen LogP contribution is -2.34. The molecule has 0 aliphatic heterocycles. The number of nitrogens with zero attached hydrogens (tertiary/aromatic N) is 2. The second kappa shape index (κ2) is 5.64. The number of hydrogen-bond acceptors (Lipinski definition) is 3. The Balaban J connectivity index is 2.03. The third-order valence-electron chi connectivity index (χ3n) is 2.84. The molecule has 0 unspecified atom stereocenters. The minimum atomic E-state index is 0.0135. The van der Waals surface area contributed by atoms with E-state index in [4.69, 9.17) is 0 Å². The lowest BCUT2D eigenvalue weighted by molar-refractivity contribution is -0.120. The number of carbonyl (C=O) groups is 1. The minimum absolute atomic E-state index is 0.0135. The van der Waals surface area contributed by atoms with Crippen LogP contribution in [0, 0.1) is 6.92 Å². The van der Waals surface area contributed by atoms with Gasteiger partial charge < -0.3 is 15.2 Å². The van der Waals surface area contributed by atoms with Crippen molar-refractivity contribution in [1.29, 1.82) is 0 Å². The molecule has 0 atom stereocenters. The standard InChI is InChI=1S/C13H18N4O/c1-10-16-11-5-3-4-6-12(11)17(10)8-7-15-13(18)9-14-2/h3-6,14H,7-9H2,1-2H3,(H,15,18). The van der Waals surface area contributed by atoms with Crippen LogP contribution in [0.4, 0.5) is 0 Å². The van der Waals surface area contributed by atoms with E-state index in [2.05, 4.69) is 20.2 Å². The molecule has 18 heavy (non-hydrogen) atoms. The number of benzene rings is 1. The Morgan fingerprint density at radius 2 is 2.17 bits per heavy atom. The molecule has 1 aromatic carbocycles. The highest BCUT2D eigenvalue weighted by molar-refractivity contribution is 5.78. The first kappa shape index (κ1) is 12.6. The number of aryl methyl sites for hydroxylation is 1. The van der Waals surface area contributed by atoms with Crippen LogP contribution in [0.3, 0.4) is 0 Å². The van der Waals surface area contributed by atoms with E-state index in [-0.39, 0.29) is 5.91 Å². The average molecular weight is 246 g/mol. The van der Waals surface area contributed by atoms with Gasteiger partial charge in [0.05, 0.1) is 17.6 Å². The van der Waals surface area contributed by atoms with Crippen molar-refractivity contribution in [3.05, 3.63) is 30.1 Å². The number of fused-ring (bicyclic) bond motifs is 1. The van der Waals surface area contributed by atoms with E-state index in [0.29, 0.717) is 13.1 Å². The Morgan fingerprint density at radius 1 is 1.39 bits per heavy atom. The van der Waals surface area contributed by atoms with Gasteiger partial charge in [-0.15, -0.1) is 0 Å². The van der Waals surface area contributed by atoms with E-state index >= 15 is 0 Å². The molecule has 1 aromatic heterocycles. The highest BCUT2D eigenvalue weighted by atomic mass is 16.1. The van der Waals surface area contributed by atoms with Crippen molar-refractivity contribution in [3.8, 4) is 0 Å². The Hall–Kier alpha value is -1.88. The normalized spacial score (nSPS) is 10.8. The number of aromatic nitrogens is 2. The topological polar surface area (TPSA) is 59.0 Å². The Bertz CT molecular complexity index is 547. The van der Waals surface area contributed by atoms with Gasteiger partial charge in [-0.1, -0.05) is 12.1 Å². The molecule has 5 nitrogen and oxygen atoms in total. The number of nitrogens with one attached hydrogen (secondary N) is 2. The molecule has 96 valence electrons. The molecule has 2 rings (SSSR count). The van der Waals surface area contributed by atoms with Gasteiger partial charge in [0, 0.05) is 13.1 Å². The van der Waals surface area contributed by atoms with Crippen LogP contribution in [0.15, 0.2) is 24.3 Å². The summed E-state index contributed by atoms with van der Waals surface area (Å²) in [6.07, 6.45) is 0. The van der Waals surface area contributed by atoms with Gasteiger partial charge in [-0.25, -0.2) is 4.98 Å². The summed E-state index contributed by atoms with van der Waals surface area (Å²) in [5.41, 5.74) is 2.11. The number of amides is 1. The van der Waals surface area contributed by atoms with E-state index in [1.165, 1.54) is 0 Å². The van der Waals surface area contributed by atoms with Crippen molar-refractivity contribution in [2.45, 2.75) is 13.5 Å². The number of hydrogen-bond donors (Lipinski definition) is 2. The maximum Gasteiger partial charge on any atom is 0.234 e. The minimum Gasteiger partial charge on any atom is -0.353 e. The van der Waals surface area contributed by atoms with Crippen molar-refractivity contribution in [3.63, 3.8) is 0 Å². The zero-order valence-corrected chi connectivity index (χ0v) is 10.7. The molecular formula is C13H18N4O. The molecule has 0 saturated carbocycles. The van der Waals surface area contributed by atoms with Gasteiger partial charge in [0.2, 0.25) is 5.91 Å². The third kappa shape index (κ3) is 2.68. The SMILES string of the molecule is CNCC(=O)NCCn1c(C)nc2ccccc21. The molecule has 2 N–H and O–H groups in total. The van der Waals surface area contributed by atoms with E-state index < -0.39 is 0 Å². The van der Waals surface area contributed by atoms with E-state index in [9.17, 15) is 4.79 Å².